The van der Waals surface area contributed by atoms with Crippen molar-refractivity contribution in [3.63, 3.8) is 0 Å². The van der Waals surface area contributed by atoms with E-state index >= 15 is 4.39 Å². The summed E-state index contributed by atoms with van der Waals surface area (Å²) in [6, 6.07) is 13.5. The Balaban J connectivity index is 1.54. The molecule has 0 aliphatic carbocycles. The van der Waals surface area contributed by atoms with Gasteiger partial charge in [0.1, 0.15) is 29.3 Å². The Bertz CT molecular complexity index is 1640. The van der Waals surface area contributed by atoms with Crippen LogP contribution in [0.1, 0.15) is 29.3 Å². The third-order valence-electron chi connectivity index (χ3n) is 6.68. The lowest BCUT2D eigenvalue weighted by Crippen LogP contribution is -2.33. The van der Waals surface area contributed by atoms with Crippen molar-refractivity contribution in [3.05, 3.63) is 71.3 Å². The van der Waals surface area contributed by atoms with Crippen molar-refractivity contribution < 1.29 is 23.1 Å². The minimum atomic E-state index is -0.729. The predicted molar refractivity (Wildman–Crippen MR) is 138 cm³/mol. The Morgan fingerprint density at radius 1 is 1.10 bits per heavy atom. The number of ether oxygens (including phenoxy) is 1. The molecule has 5 rings (SSSR count). The van der Waals surface area contributed by atoms with Gasteiger partial charge in [-0.2, -0.15) is 5.26 Å². The zero-order chi connectivity index (χ0) is 27.7. The number of aromatic nitrogens is 3. The number of nitrogens with one attached hydrogen (secondary N) is 1. The number of amides is 2. The molecule has 0 spiro atoms. The summed E-state index contributed by atoms with van der Waals surface area (Å²) in [5.41, 5.74) is 2.55. The van der Waals surface area contributed by atoms with Crippen LogP contribution >= 0.6 is 0 Å². The molecule has 0 saturated carbocycles. The maximum Gasteiger partial charge on any atom is 0.407 e. The standard InChI is InChI=1S/C28H24F2N6O3/c1-3-32-28(38)39-19-8-9-36(15-19)27(37)17-6-7-20(21(10-17)16-4-5-18(14-31)23(29)11-16)22-12-25-26(13-24(22)30)35(2)34-33-25/h4-7,10-13,19H,3,8-9,15H2,1-2H3,(H,32,38). The summed E-state index contributed by atoms with van der Waals surface area (Å²) in [7, 11) is 1.66. The smallest absolute Gasteiger partial charge is 0.407 e. The molecule has 9 nitrogen and oxygen atoms in total. The summed E-state index contributed by atoms with van der Waals surface area (Å²) in [4.78, 5) is 26.8. The Morgan fingerprint density at radius 2 is 1.92 bits per heavy atom. The van der Waals surface area contributed by atoms with Gasteiger partial charge in [-0.1, -0.05) is 17.3 Å². The van der Waals surface area contributed by atoms with Gasteiger partial charge in [-0.05, 0) is 53.9 Å². The molecule has 1 aliphatic rings. The van der Waals surface area contributed by atoms with Crippen molar-refractivity contribution in [2.24, 2.45) is 7.05 Å². The molecule has 3 aromatic carbocycles. The van der Waals surface area contributed by atoms with Crippen molar-refractivity contribution in [1.29, 1.82) is 5.26 Å². The van der Waals surface area contributed by atoms with Gasteiger partial charge in [0.05, 0.1) is 17.6 Å². The fraction of sp³-hybridized carbons (Fsp3) is 0.250. The van der Waals surface area contributed by atoms with E-state index in [1.165, 1.54) is 22.9 Å². The van der Waals surface area contributed by atoms with Gasteiger partial charge in [-0.3, -0.25) is 4.79 Å². The van der Waals surface area contributed by atoms with Crippen molar-refractivity contribution in [3.8, 4) is 28.3 Å². The maximum atomic E-state index is 15.4. The van der Waals surface area contributed by atoms with Crippen molar-refractivity contribution >= 4 is 23.0 Å². The molecule has 2 heterocycles. The molecule has 1 saturated heterocycles. The molecule has 1 atom stereocenters. The monoisotopic (exact) mass is 530 g/mol. The number of halogens is 2. The van der Waals surface area contributed by atoms with Gasteiger partial charge in [0, 0.05) is 43.8 Å². The van der Waals surface area contributed by atoms with Crippen LogP contribution in [0, 0.1) is 23.0 Å². The zero-order valence-corrected chi connectivity index (χ0v) is 21.2. The van der Waals surface area contributed by atoms with Gasteiger partial charge in [0.15, 0.2) is 0 Å². The molecule has 4 aromatic rings. The Labute approximate surface area is 222 Å². The number of nitrogens with zero attached hydrogens (tertiary/aromatic N) is 5. The second kappa shape index (κ2) is 10.5. The lowest BCUT2D eigenvalue weighted by atomic mass is 9.91. The number of fused-ring (bicyclic) bond motifs is 1. The van der Waals surface area contributed by atoms with Crippen LogP contribution in [0.25, 0.3) is 33.3 Å². The van der Waals surface area contributed by atoms with Crippen LogP contribution in [0.4, 0.5) is 13.6 Å². The summed E-state index contributed by atoms with van der Waals surface area (Å²) < 4.78 is 36.8. The average Bonchev–Trinajstić information content (AvgIpc) is 3.54. The third-order valence-corrected chi connectivity index (χ3v) is 6.68. The topological polar surface area (TPSA) is 113 Å². The minimum Gasteiger partial charge on any atom is -0.444 e. The number of hydrogen-bond acceptors (Lipinski definition) is 6. The number of benzene rings is 3. The number of carbonyl (C=O) groups excluding carboxylic acids is 2. The second-order valence-corrected chi connectivity index (χ2v) is 9.20. The normalized spacial score (nSPS) is 14.8. The van der Waals surface area contributed by atoms with Crippen molar-refractivity contribution in [2.45, 2.75) is 19.4 Å². The molecule has 1 aromatic heterocycles. The molecule has 11 heteroatoms. The van der Waals surface area contributed by atoms with E-state index in [1.54, 1.807) is 55.3 Å². The van der Waals surface area contributed by atoms with Crippen LogP contribution < -0.4 is 5.32 Å². The molecule has 0 radical (unpaired) electrons. The highest BCUT2D eigenvalue weighted by Crippen LogP contribution is 2.37. The van der Waals surface area contributed by atoms with E-state index in [2.05, 4.69) is 15.6 Å². The highest BCUT2D eigenvalue weighted by atomic mass is 19.1. The molecule has 1 unspecified atom stereocenters. The SMILES string of the molecule is CCNC(=O)OC1CCN(C(=O)c2ccc(-c3cc4nnn(C)c4cc3F)c(-c3ccc(C#N)c(F)c3)c2)C1. The summed E-state index contributed by atoms with van der Waals surface area (Å²) in [6.07, 6.45) is -0.467. The first-order valence-electron chi connectivity index (χ1n) is 12.4. The number of hydrogen-bond donors (Lipinski definition) is 1. The van der Waals surface area contributed by atoms with Crippen molar-refractivity contribution in [1.82, 2.24) is 25.2 Å². The van der Waals surface area contributed by atoms with Gasteiger partial charge in [0.25, 0.3) is 5.91 Å². The van der Waals surface area contributed by atoms with Crippen LogP contribution in [0.2, 0.25) is 0 Å². The number of rotatable bonds is 5. The molecular formula is C28H24F2N6O3. The Morgan fingerprint density at radius 3 is 2.67 bits per heavy atom. The number of nitriles is 1. The largest absolute Gasteiger partial charge is 0.444 e. The summed E-state index contributed by atoms with van der Waals surface area (Å²) >= 11 is 0. The highest BCUT2D eigenvalue weighted by molar-refractivity contribution is 5.98. The summed E-state index contributed by atoms with van der Waals surface area (Å²) in [5.74, 6) is -1.57. The first-order chi connectivity index (χ1) is 18.8. The Hall–Kier alpha value is -4.85. The third kappa shape index (κ3) is 5.01. The average molecular weight is 531 g/mol. The van der Waals surface area contributed by atoms with E-state index < -0.39 is 23.8 Å². The van der Waals surface area contributed by atoms with Gasteiger partial charge >= 0.3 is 6.09 Å². The van der Waals surface area contributed by atoms with Gasteiger partial charge in [-0.15, -0.1) is 5.10 Å². The van der Waals surface area contributed by atoms with E-state index in [-0.39, 0.29) is 23.6 Å². The summed E-state index contributed by atoms with van der Waals surface area (Å²) in [6.45, 7) is 2.84. The van der Waals surface area contributed by atoms with Gasteiger partial charge in [0.2, 0.25) is 0 Å². The lowest BCUT2D eigenvalue weighted by Gasteiger charge is -2.19. The van der Waals surface area contributed by atoms with Crippen LogP contribution in [0.15, 0.2) is 48.5 Å². The first-order valence-corrected chi connectivity index (χ1v) is 12.4. The minimum absolute atomic E-state index is 0.130. The van der Waals surface area contributed by atoms with Crippen molar-refractivity contribution in [2.75, 3.05) is 19.6 Å². The highest BCUT2D eigenvalue weighted by Gasteiger charge is 2.30. The molecule has 2 amide bonds. The maximum absolute atomic E-state index is 15.4. The Kier molecular flexibility index (Phi) is 6.94. The second-order valence-electron chi connectivity index (χ2n) is 9.20. The zero-order valence-electron chi connectivity index (χ0n) is 21.2. The van der Waals surface area contributed by atoms with E-state index in [4.69, 9.17) is 10.00 Å². The van der Waals surface area contributed by atoms with E-state index in [1.807, 2.05) is 0 Å². The van der Waals surface area contributed by atoms with Crippen LogP contribution in [-0.4, -0.2) is 57.6 Å². The molecule has 1 fully saturated rings. The van der Waals surface area contributed by atoms with Crippen LogP contribution in [0.5, 0.6) is 0 Å². The molecule has 1 N–H and O–H groups in total. The van der Waals surface area contributed by atoms with Gasteiger partial charge in [-0.25, -0.2) is 18.3 Å². The number of aryl methyl sites for hydroxylation is 1. The number of likely N-dealkylation sites (tertiary alicyclic amines) is 1. The molecule has 0 bridgehead atoms. The quantitative estimate of drug-likeness (QED) is 0.409. The van der Waals surface area contributed by atoms with E-state index in [9.17, 15) is 14.0 Å². The fourth-order valence-corrected chi connectivity index (χ4v) is 4.71. The molecule has 198 valence electrons. The fourth-order valence-electron chi connectivity index (χ4n) is 4.71. The van der Waals surface area contributed by atoms with E-state index in [0.29, 0.717) is 52.8 Å². The molecule has 1 aliphatic heterocycles. The molecular weight excluding hydrogens is 506 g/mol. The number of alkyl carbamates (subject to hydrolysis) is 1. The van der Waals surface area contributed by atoms with Gasteiger partial charge < -0.3 is 15.0 Å². The number of carbonyl (C=O) groups is 2. The lowest BCUT2D eigenvalue weighted by molar-refractivity contribution is 0.0728. The van der Waals surface area contributed by atoms with Crippen LogP contribution in [-0.2, 0) is 11.8 Å². The predicted octanol–water partition coefficient (Wildman–Crippen LogP) is 4.41. The summed E-state index contributed by atoms with van der Waals surface area (Å²) in [5, 5.41) is 19.7. The first kappa shape index (κ1) is 25.8. The van der Waals surface area contributed by atoms with Crippen LogP contribution in [0.3, 0.4) is 0 Å². The van der Waals surface area contributed by atoms with E-state index in [0.717, 1.165) is 0 Å². The molecule has 39 heavy (non-hydrogen) atoms.